The van der Waals surface area contributed by atoms with Gasteiger partial charge in [-0.05, 0) is 30.5 Å². The number of hydrogen-bond donors (Lipinski definition) is 1. The summed E-state index contributed by atoms with van der Waals surface area (Å²) in [6, 6.07) is 5.10. The van der Waals surface area contributed by atoms with Crippen LogP contribution in [-0.2, 0) is 25.7 Å². The molecule has 1 aromatic rings. The molecule has 150 valence electrons. The smallest absolute Gasteiger partial charge is 0.326 e. The van der Waals surface area contributed by atoms with Gasteiger partial charge in [0.25, 0.3) is 11.8 Å². The van der Waals surface area contributed by atoms with Gasteiger partial charge in [0, 0.05) is 13.6 Å². The summed E-state index contributed by atoms with van der Waals surface area (Å²) in [4.78, 5) is 50.8. The molecule has 1 aromatic carbocycles. The molecule has 1 heterocycles. The number of esters is 1. The lowest BCUT2D eigenvalue weighted by molar-refractivity contribution is -0.153. The van der Waals surface area contributed by atoms with Crippen molar-refractivity contribution in [3.05, 3.63) is 35.6 Å². The number of hydrogen-bond acceptors (Lipinski definition) is 5. The van der Waals surface area contributed by atoms with Gasteiger partial charge in [0.2, 0.25) is 0 Å². The van der Waals surface area contributed by atoms with Gasteiger partial charge in [-0.3, -0.25) is 19.3 Å². The van der Waals surface area contributed by atoms with Crippen molar-refractivity contribution in [2.75, 3.05) is 20.2 Å². The normalized spacial score (nSPS) is 17.7. The fourth-order valence-corrected chi connectivity index (χ4v) is 3.52. The Morgan fingerprint density at radius 3 is 2.50 bits per heavy atom. The Labute approximate surface area is 161 Å². The maximum absolute atomic E-state index is 12.9. The largest absolute Gasteiger partial charge is 0.454 e. The van der Waals surface area contributed by atoms with Crippen LogP contribution in [0.3, 0.4) is 0 Å². The first kappa shape index (κ1) is 19.8. The van der Waals surface area contributed by atoms with Crippen molar-refractivity contribution in [1.82, 2.24) is 15.1 Å². The highest BCUT2D eigenvalue weighted by Crippen LogP contribution is 2.34. The van der Waals surface area contributed by atoms with E-state index in [9.17, 15) is 23.6 Å². The van der Waals surface area contributed by atoms with Crippen LogP contribution in [0.4, 0.5) is 9.18 Å². The number of urea groups is 1. The molecule has 0 radical (unpaired) electrons. The van der Waals surface area contributed by atoms with Crippen LogP contribution in [-0.4, -0.2) is 59.4 Å². The molecule has 0 aromatic heterocycles. The molecule has 3 rings (SSSR count). The molecular formula is C19H22FN3O5. The van der Waals surface area contributed by atoms with Crippen molar-refractivity contribution in [1.29, 1.82) is 0 Å². The van der Waals surface area contributed by atoms with E-state index in [-0.39, 0.29) is 12.4 Å². The maximum atomic E-state index is 12.9. The highest BCUT2D eigenvalue weighted by atomic mass is 19.1. The number of imide groups is 1. The van der Waals surface area contributed by atoms with Gasteiger partial charge in [-0.2, -0.15) is 0 Å². The SMILES string of the molecule is CN(Cc1ccc(F)cc1)C(=O)COC(=O)CN1C(=O)NC2(CCCC2)C1=O. The van der Waals surface area contributed by atoms with Gasteiger partial charge in [0.15, 0.2) is 6.61 Å². The van der Waals surface area contributed by atoms with E-state index in [1.54, 1.807) is 12.1 Å². The molecule has 0 unspecified atom stereocenters. The van der Waals surface area contributed by atoms with E-state index < -0.39 is 42.5 Å². The number of halogens is 1. The van der Waals surface area contributed by atoms with E-state index in [4.69, 9.17) is 4.74 Å². The predicted molar refractivity (Wildman–Crippen MR) is 95.3 cm³/mol. The maximum Gasteiger partial charge on any atom is 0.326 e. The molecule has 0 atom stereocenters. The molecule has 1 N–H and O–H groups in total. The molecule has 1 saturated heterocycles. The van der Waals surface area contributed by atoms with Gasteiger partial charge in [0.05, 0.1) is 0 Å². The van der Waals surface area contributed by atoms with E-state index in [0.717, 1.165) is 23.3 Å². The summed E-state index contributed by atoms with van der Waals surface area (Å²) in [5.74, 6) is -2.07. The molecule has 2 aliphatic rings. The average Bonchev–Trinajstić information content (AvgIpc) is 3.22. The first-order valence-electron chi connectivity index (χ1n) is 9.09. The van der Waals surface area contributed by atoms with E-state index in [1.807, 2.05) is 0 Å². The van der Waals surface area contributed by atoms with E-state index in [2.05, 4.69) is 5.32 Å². The van der Waals surface area contributed by atoms with Gasteiger partial charge >= 0.3 is 12.0 Å². The van der Waals surface area contributed by atoms with E-state index in [0.29, 0.717) is 12.8 Å². The number of amides is 4. The highest BCUT2D eigenvalue weighted by Gasteiger charge is 2.52. The van der Waals surface area contributed by atoms with Crippen LogP contribution in [0.25, 0.3) is 0 Å². The lowest BCUT2D eigenvalue weighted by Gasteiger charge is -2.20. The Morgan fingerprint density at radius 1 is 1.21 bits per heavy atom. The van der Waals surface area contributed by atoms with E-state index >= 15 is 0 Å². The van der Waals surface area contributed by atoms with Crippen LogP contribution in [0.2, 0.25) is 0 Å². The molecule has 1 spiro atoms. The van der Waals surface area contributed by atoms with Crippen molar-refractivity contribution in [3.8, 4) is 0 Å². The Hall–Kier alpha value is -2.97. The fourth-order valence-electron chi connectivity index (χ4n) is 3.52. The standard InChI is InChI=1S/C19H22FN3O5/c1-22(10-13-4-6-14(20)7-5-13)15(24)12-28-16(25)11-23-17(26)19(21-18(23)27)8-2-3-9-19/h4-7H,2-3,8-12H2,1H3,(H,21,27). The lowest BCUT2D eigenvalue weighted by Crippen LogP contribution is -2.44. The third-order valence-corrected chi connectivity index (χ3v) is 5.11. The summed E-state index contributed by atoms with van der Waals surface area (Å²) in [5, 5.41) is 2.68. The highest BCUT2D eigenvalue weighted by molar-refractivity contribution is 6.08. The zero-order valence-electron chi connectivity index (χ0n) is 15.6. The fraction of sp³-hybridized carbons (Fsp3) is 0.474. The van der Waals surface area contributed by atoms with Crippen LogP contribution >= 0.6 is 0 Å². The first-order valence-corrected chi connectivity index (χ1v) is 9.09. The average molecular weight is 391 g/mol. The molecule has 0 bridgehead atoms. The van der Waals surface area contributed by atoms with Crippen molar-refractivity contribution in [3.63, 3.8) is 0 Å². The molecule has 9 heteroatoms. The first-order chi connectivity index (χ1) is 13.3. The van der Waals surface area contributed by atoms with Crippen LogP contribution in [0, 0.1) is 5.82 Å². The van der Waals surface area contributed by atoms with Crippen molar-refractivity contribution < 1.29 is 28.3 Å². The predicted octanol–water partition coefficient (Wildman–Crippen LogP) is 1.19. The molecule has 1 aliphatic carbocycles. The van der Waals surface area contributed by atoms with Crippen molar-refractivity contribution in [2.45, 2.75) is 37.8 Å². The number of carbonyl (C=O) groups excluding carboxylic acids is 4. The quantitative estimate of drug-likeness (QED) is 0.581. The van der Waals surface area contributed by atoms with Crippen molar-refractivity contribution in [2.24, 2.45) is 0 Å². The number of carbonyl (C=O) groups is 4. The number of likely N-dealkylation sites (N-methyl/N-ethyl adjacent to an activating group) is 1. The minimum Gasteiger partial charge on any atom is -0.454 e. The number of rotatable bonds is 6. The lowest BCUT2D eigenvalue weighted by atomic mass is 9.98. The van der Waals surface area contributed by atoms with Gasteiger partial charge < -0.3 is 15.0 Å². The summed E-state index contributed by atoms with van der Waals surface area (Å²) < 4.78 is 17.8. The van der Waals surface area contributed by atoms with Crippen molar-refractivity contribution >= 4 is 23.8 Å². The zero-order chi connectivity index (χ0) is 20.3. The second-order valence-corrected chi connectivity index (χ2v) is 7.15. The van der Waals surface area contributed by atoms with Gasteiger partial charge in [0.1, 0.15) is 17.9 Å². The Bertz CT molecular complexity index is 789. The number of ether oxygens (including phenoxy) is 1. The molecular weight excluding hydrogens is 369 g/mol. The van der Waals surface area contributed by atoms with Crippen LogP contribution in [0.5, 0.6) is 0 Å². The monoisotopic (exact) mass is 391 g/mol. The topological polar surface area (TPSA) is 96.0 Å². The van der Waals surface area contributed by atoms with Crippen LogP contribution in [0.1, 0.15) is 31.2 Å². The summed E-state index contributed by atoms with van der Waals surface area (Å²) >= 11 is 0. The third kappa shape index (κ3) is 4.13. The molecule has 1 aliphatic heterocycles. The van der Waals surface area contributed by atoms with Crippen LogP contribution < -0.4 is 5.32 Å². The second-order valence-electron chi connectivity index (χ2n) is 7.15. The molecule has 1 saturated carbocycles. The molecule has 2 fully saturated rings. The number of nitrogens with one attached hydrogen (secondary N) is 1. The summed E-state index contributed by atoms with van der Waals surface area (Å²) in [7, 11) is 1.53. The van der Waals surface area contributed by atoms with Gasteiger partial charge in [-0.1, -0.05) is 25.0 Å². The van der Waals surface area contributed by atoms with Crippen LogP contribution in [0.15, 0.2) is 24.3 Å². The summed E-state index contributed by atoms with van der Waals surface area (Å²) in [5.41, 5.74) is -0.160. The minimum absolute atomic E-state index is 0.228. The molecule has 8 nitrogen and oxygen atoms in total. The molecule has 4 amide bonds. The summed E-state index contributed by atoms with van der Waals surface area (Å²) in [6.45, 7) is -0.807. The Balaban J connectivity index is 1.47. The second kappa shape index (κ2) is 7.95. The minimum atomic E-state index is -0.886. The van der Waals surface area contributed by atoms with Gasteiger partial charge in [-0.15, -0.1) is 0 Å². The number of benzene rings is 1. The third-order valence-electron chi connectivity index (χ3n) is 5.11. The van der Waals surface area contributed by atoms with E-state index in [1.165, 1.54) is 24.1 Å². The zero-order valence-corrected chi connectivity index (χ0v) is 15.6. The molecule has 28 heavy (non-hydrogen) atoms. The number of nitrogens with zero attached hydrogens (tertiary/aromatic N) is 2. The Kier molecular flexibility index (Phi) is 5.62. The Morgan fingerprint density at radius 2 is 1.86 bits per heavy atom. The van der Waals surface area contributed by atoms with Gasteiger partial charge in [-0.25, -0.2) is 9.18 Å². The summed E-state index contributed by atoms with van der Waals surface area (Å²) in [6.07, 6.45) is 2.82.